The van der Waals surface area contributed by atoms with Gasteiger partial charge in [-0.3, -0.25) is 4.90 Å². The molecule has 2 nitrogen and oxygen atoms in total. The summed E-state index contributed by atoms with van der Waals surface area (Å²) >= 11 is 0. The van der Waals surface area contributed by atoms with Gasteiger partial charge in [0, 0.05) is 31.2 Å². The van der Waals surface area contributed by atoms with E-state index in [4.69, 9.17) is 0 Å². The van der Waals surface area contributed by atoms with Crippen LogP contribution in [0.4, 0.5) is 0 Å². The molecule has 5 atom stereocenters. The highest BCUT2D eigenvalue weighted by molar-refractivity contribution is 4.93. The highest BCUT2D eigenvalue weighted by Crippen LogP contribution is 2.34. The van der Waals surface area contributed by atoms with Crippen molar-refractivity contribution in [1.82, 2.24) is 10.2 Å². The molecule has 0 aromatic heterocycles. The second-order valence-electron chi connectivity index (χ2n) is 7.14. The molecule has 0 aromatic carbocycles. The van der Waals surface area contributed by atoms with E-state index in [9.17, 15) is 0 Å². The Labute approximate surface area is 114 Å². The third kappa shape index (κ3) is 2.91. The summed E-state index contributed by atoms with van der Waals surface area (Å²) in [6, 6.07) is 2.22. The molecule has 0 aromatic rings. The Morgan fingerprint density at radius 1 is 1.11 bits per heavy atom. The van der Waals surface area contributed by atoms with Crippen LogP contribution < -0.4 is 5.32 Å². The van der Waals surface area contributed by atoms with Crippen molar-refractivity contribution in [2.24, 2.45) is 17.8 Å². The Hall–Kier alpha value is -0.0800. The zero-order valence-corrected chi connectivity index (χ0v) is 12.9. The largest absolute Gasteiger partial charge is 0.311 e. The maximum Gasteiger partial charge on any atom is 0.0218 e. The first-order chi connectivity index (χ1) is 8.50. The van der Waals surface area contributed by atoms with Crippen LogP contribution in [0.25, 0.3) is 0 Å². The van der Waals surface area contributed by atoms with Gasteiger partial charge in [0.1, 0.15) is 0 Å². The molecule has 2 fully saturated rings. The van der Waals surface area contributed by atoms with Crippen molar-refractivity contribution >= 4 is 0 Å². The van der Waals surface area contributed by atoms with Crippen LogP contribution in [0.3, 0.4) is 0 Å². The van der Waals surface area contributed by atoms with Crippen LogP contribution in [-0.2, 0) is 0 Å². The third-order valence-electron chi connectivity index (χ3n) is 5.54. The van der Waals surface area contributed by atoms with Gasteiger partial charge < -0.3 is 5.32 Å². The summed E-state index contributed by atoms with van der Waals surface area (Å²) in [5.74, 6) is 2.52. The van der Waals surface area contributed by atoms with E-state index >= 15 is 0 Å². The molecule has 0 spiro atoms. The molecule has 0 amide bonds. The van der Waals surface area contributed by atoms with E-state index in [1.54, 1.807) is 0 Å². The zero-order chi connectivity index (χ0) is 13.3. The van der Waals surface area contributed by atoms with E-state index in [0.717, 1.165) is 23.8 Å². The molecule has 1 heterocycles. The Balaban J connectivity index is 2.04. The van der Waals surface area contributed by atoms with Gasteiger partial charge >= 0.3 is 0 Å². The lowest BCUT2D eigenvalue weighted by molar-refractivity contribution is 0.0179. The van der Waals surface area contributed by atoms with Crippen molar-refractivity contribution < 1.29 is 0 Å². The normalized spacial score (nSPS) is 43.3. The number of piperazine rings is 1. The van der Waals surface area contributed by atoms with E-state index in [1.807, 2.05) is 0 Å². The summed E-state index contributed by atoms with van der Waals surface area (Å²) in [6.07, 6.45) is 4.28. The van der Waals surface area contributed by atoms with E-state index in [2.05, 4.69) is 44.8 Å². The van der Waals surface area contributed by atoms with Gasteiger partial charge in [-0.05, 0) is 31.1 Å². The van der Waals surface area contributed by atoms with Crippen molar-refractivity contribution in [3.05, 3.63) is 0 Å². The van der Waals surface area contributed by atoms with Crippen LogP contribution >= 0.6 is 0 Å². The van der Waals surface area contributed by atoms with Gasteiger partial charge in [-0.15, -0.1) is 0 Å². The van der Waals surface area contributed by atoms with Gasteiger partial charge in [0.2, 0.25) is 0 Å². The van der Waals surface area contributed by atoms with Crippen LogP contribution in [0.15, 0.2) is 0 Å². The second-order valence-corrected chi connectivity index (χ2v) is 7.14. The minimum atomic E-state index is 0.686. The summed E-state index contributed by atoms with van der Waals surface area (Å²) < 4.78 is 0. The number of hydrogen-bond donors (Lipinski definition) is 1. The fourth-order valence-electron chi connectivity index (χ4n) is 3.84. The van der Waals surface area contributed by atoms with Crippen LogP contribution in [0.2, 0.25) is 0 Å². The Kier molecular flexibility index (Phi) is 4.71. The molecule has 1 aliphatic heterocycles. The Bertz CT molecular complexity index is 264. The van der Waals surface area contributed by atoms with Crippen molar-refractivity contribution in [3.8, 4) is 0 Å². The van der Waals surface area contributed by atoms with Crippen molar-refractivity contribution in [2.75, 3.05) is 13.1 Å². The molecule has 1 saturated heterocycles. The maximum atomic E-state index is 3.72. The topological polar surface area (TPSA) is 15.3 Å². The van der Waals surface area contributed by atoms with Gasteiger partial charge in [0.15, 0.2) is 0 Å². The molecule has 18 heavy (non-hydrogen) atoms. The zero-order valence-electron chi connectivity index (χ0n) is 12.9. The lowest BCUT2D eigenvalue weighted by Crippen LogP contribution is -2.61. The molecule has 1 aliphatic carbocycles. The summed E-state index contributed by atoms with van der Waals surface area (Å²) in [6.45, 7) is 14.4. The summed E-state index contributed by atoms with van der Waals surface area (Å²) in [4.78, 5) is 2.82. The quantitative estimate of drug-likeness (QED) is 0.812. The standard InChI is InChI=1S/C16H32N2/c1-11(2)15-10-18(13(4)9-17-15)16-8-6-7-12(3)14(16)5/h11-17H,6-10H2,1-5H3. The fourth-order valence-corrected chi connectivity index (χ4v) is 3.84. The highest BCUT2D eigenvalue weighted by Gasteiger charge is 2.37. The van der Waals surface area contributed by atoms with Gasteiger partial charge in [-0.2, -0.15) is 0 Å². The van der Waals surface area contributed by atoms with E-state index in [-0.39, 0.29) is 0 Å². The lowest BCUT2D eigenvalue weighted by atomic mass is 9.76. The minimum absolute atomic E-state index is 0.686. The predicted molar refractivity (Wildman–Crippen MR) is 78.8 cm³/mol. The molecule has 1 N–H and O–H groups in total. The lowest BCUT2D eigenvalue weighted by Gasteiger charge is -2.49. The van der Waals surface area contributed by atoms with Crippen LogP contribution in [0.1, 0.15) is 53.9 Å². The number of rotatable bonds is 2. The molecule has 0 bridgehead atoms. The molecule has 1 saturated carbocycles. The average molecular weight is 252 g/mol. The molecule has 106 valence electrons. The van der Waals surface area contributed by atoms with Gasteiger partial charge in [-0.1, -0.05) is 40.5 Å². The Morgan fingerprint density at radius 3 is 2.50 bits per heavy atom. The SMILES string of the molecule is CC(C)C1CN(C2CCCC(C)C2C)C(C)CN1. The fraction of sp³-hybridized carbons (Fsp3) is 1.00. The molecule has 2 aliphatic rings. The van der Waals surface area contributed by atoms with E-state index < -0.39 is 0 Å². The van der Waals surface area contributed by atoms with E-state index in [0.29, 0.717) is 12.1 Å². The number of nitrogens with one attached hydrogen (secondary N) is 1. The average Bonchev–Trinajstić information content (AvgIpc) is 2.33. The smallest absolute Gasteiger partial charge is 0.0218 e. The molecule has 2 heteroatoms. The van der Waals surface area contributed by atoms with E-state index in [1.165, 1.54) is 32.4 Å². The first-order valence-corrected chi connectivity index (χ1v) is 7.99. The van der Waals surface area contributed by atoms with Gasteiger partial charge in [-0.25, -0.2) is 0 Å². The van der Waals surface area contributed by atoms with Crippen LogP contribution in [0, 0.1) is 17.8 Å². The summed E-state index contributed by atoms with van der Waals surface area (Å²) in [5.41, 5.74) is 0. The van der Waals surface area contributed by atoms with Crippen molar-refractivity contribution in [1.29, 1.82) is 0 Å². The minimum Gasteiger partial charge on any atom is -0.311 e. The predicted octanol–water partition coefficient (Wildman–Crippen LogP) is 3.13. The molecular formula is C16H32N2. The van der Waals surface area contributed by atoms with Gasteiger partial charge in [0.25, 0.3) is 0 Å². The van der Waals surface area contributed by atoms with Crippen molar-refractivity contribution in [3.63, 3.8) is 0 Å². The van der Waals surface area contributed by atoms with Crippen molar-refractivity contribution in [2.45, 2.75) is 72.0 Å². The number of nitrogens with zero attached hydrogens (tertiary/aromatic N) is 1. The highest BCUT2D eigenvalue weighted by atomic mass is 15.3. The monoisotopic (exact) mass is 252 g/mol. The summed E-state index contributed by atoms with van der Waals surface area (Å²) in [5, 5.41) is 3.72. The molecular weight excluding hydrogens is 220 g/mol. The molecule has 2 rings (SSSR count). The number of hydrogen-bond acceptors (Lipinski definition) is 2. The first kappa shape index (κ1) is 14.3. The summed E-state index contributed by atoms with van der Waals surface area (Å²) in [7, 11) is 0. The molecule has 0 radical (unpaired) electrons. The maximum absolute atomic E-state index is 3.72. The van der Waals surface area contributed by atoms with Crippen LogP contribution in [0.5, 0.6) is 0 Å². The Morgan fingerprint density at radius 2 is 1.83 bits per heavy atom. The first-order valence-electron chi connectivity index (χ1n) is 7.99. The third-order valence-corrected chi connectivity index (χ3v) is 5.54. The van der Waals surface area contributed by atoms with Crippen LogP contribution in [-0.4, -0.2) is 36.1 Å². The molecule has 5 unspecified atom stereocenters. The second kappa shape index (κ2) is 5.92. The van der Waals surface area contributed by atoms with Gasteiger partial charge in [0.05, 0.1) is 0 Å².